The lowest BCUT2D eigenvalue weighted by Crippen LogP contribution is -2.46. The van der Waals surface area contributed by atoms with Crippen LogP contribution < -0.4 is 0 Å². The van der Waals surface area contributed by atoms with Crippen LogP contribution in [0.15, 0.2) is 77.4 Å². The predicted molar refractivity (Wildman–Crippen MR) is 102 cm³/mol. The smallest absolute Gasteiger partial charge is 0.112 e. The van der Waals surface area contributed by atoms with Crippen molar-refractivity contribution >= 4 is 11.5 Å². The molecular weight excluding hydrogens is 308 g/mol. The third kappa shape index (κ3) is 3.24. The van der Waals surface area contributed by atoms with Crippen LogP contribution in [-0.2, 0) is 0 Å². The summed E-state index contributed by atoms with van der Waals surface area (Å²) >= 11 is 0. The summed E-state index contributed by atoms with van der Waals surface area (Å²) in [4.78, 5) is 7.26. The lowest BCUT2D eigenvalue weighted by atomic mass is 9.86. The van der Waals surface area contributed by atoms with Gasteiger partial charge in [-0.15, -0.1) is 0 Å². The van der Waals surface area contributed by atoms with E-state index in [1.165, 1.54) is 11.3 Å². The van der Waals surface area contributed by atoms with Crippen molar-refractivity contribution in [1.29, 1.82) is 0 Å². The molecule has 1 aliphatic carbocycles. The third-order valence-electron chi connectivity index (χ3n) is 5.23. The number of nitrogens with zero attached hydrogens (tertiary/aromatic N) is 2. The molecule has 1 heterocycles. The second-order valence-corrected chi connectivity index (χ2v) is 6.99. The Morgan fingerprint density at radius 1 is 1.00 bits per heavy atom. The Morgan fingerprint density at radius 3 is 2.36 bits per heavy atom. The normalized spacial score (nSPS) is 27.8. The van der Waals surface area contributed by atoms with E-state index in [0.29, 0.717) is 6.04 Å². The third-order valence-corrected chi connectivity index (χ3v) is 5.23. The van der Waals surface area contributed by atoms with Crippen LogP contribution in [0.3, 0.4) is 0 Å². The molecule has 4 rings (SSSR count). The minimum Gasteiger partial charge on any atom is -0.393 e. The Hall–Kier alpha value is -2.39. The zero-order chi connectivity index (χ0) is 17.2. The minimum absolute atomic E-state index is 0.193. The Morgan fingerprint density at radius 2 is 1.68 bits per heavy atom. The highest BCUT2D eigenvalue weighted by molar-refractivity contribution is 5.92. The van der Waals surface area contributed by atoms with Crippen LogP contribution in [0, 0.1) is 5.92 Å². The van der Waals surface area contributed by atoms with Gasteiger partial charge in [0.1, 0.15) is 5.84 Å². The number of hydrogen-bond acceptors (Lipinski definition) is 2. The van der Waals surface area contributed by atoms with Gasteiger partial charge in [0.05, 0.1) is 17.8 Å². The van der Waals surface area contributed by atoms with Gasteiger partial charge in [-0.3, -0.25) is 0 Å². The number of amidine groups is 1. The van der Waals surface area contributed by atoms with Crippen LogP contribution in [-0.4, -0.2) is 21.9 Å². The number of rotatable bonds is 3. The molecule has 1 aliphatic heterocycles. The van der Waals surface area contributed by atoms with Gasteiger partial charge in [-0.25, -0.2) is 4.99 Å². The van der Waals surface area contributed by atoms with Gasteiger partial charge in [-0.2, -0.15) is 0 Å². The molecule has 0 saturated carbocycles. The Bertz CT molecular complexity index is 782. The van der Waals surface area contributed by atoms with E-state index in [-0.39, 0.29) is 12.0 Å². The summed E-state index contributed by atoms with van der Waals surface area (Å²) in [5, 5.41) is 10.1. The van der Waals surface area contributed by atoms with Crippen LogP contribution in [0.2, 0.25) is 0 Å². The van der Waals surface area contributed by atoms with Gasteiger partial charge >= 0.3 is 0 Å². The first-order valence-corrected chi connectivity index (χ1v) is 9.08. The lowest BCUT2D eigenvalue weighted by Gasteiger charge is -2.47. The Labute approximate surface area is 149 Å². The number of aliphatic hydroxyl groups excluding tert-OH is 1. The van der Waals surface area contributed by atoms with Gasteiger partial charge in [-0.1, -0.05) is 61.5 Å². The summed E-state index contributed by atoms with van der Waals surface area (Å²) in [5.74, 6) is 1.31. The van der Waals surface area contributed by atoms with Gasteiger partial charge in [0.25, 0.3) is 0 Å². The van der Waals surface area contributed by atoms with Crippen molar-refractivity contribution in [2.45, 2.75) is 38.3 Å². The summed E-state index contributed by atoms with van der Waals surface area (Å²) in [5.41, 5.74) is 3.63. The molecule has 2 aromatic rings. The fourth-order valence-corrected chi connectivity index (χ4v) is 3.75. The van der Waals surface area contributed by atoms with Gasteiger partial charge in [0.2, 0.25) is 0 Å². The molecule has 3 nitrogen and oxygen atoms in total. The van der Waals surface area contributed by atoms with Crippen molar-refractivity contribution in [1.82, 2.24) is 4.90 Å². The van der Waals surface area contributed by atoms with E-state index < -0.39 is 0 Å². The Kier molecular flexibility index (Phi) is 4.41. The van der Waals surface area contributed by atoms with Gasteiger partial charge in [0, 0.05) is 18.0 Å². The van der Waals surface area contributed by atoms with Crippen LogP contribution >= 0.6 is 0 Å². The molecule has 0 spiro atoms. The number of aliphatic imine (C=N–C) groups is 1. The molecule has 1 saturated heterocycles. The van der Waals surface area contributed by atoms with Crippen molar-refractivity contribution in [2.24, 2.45) is 10.9 Å². The van der Waals surface area contributed by atoms with E-state index in [9.17, 15) is 5.11 Å². The number of aliphatic hydroxyl groups is 1. The van der Waals surface area contributed by atoms with Crippen molar-refractivity contribution in [3.05, 3.63) is 78.0 Å². The molecule has 3 heteroatoms. The fourth-order valence-electron chi connectivity index (χ4n) is 3.75. The summed E-state index contributed by atoms with van der Waals surface area (Å²) < 4.78 is 0. The minimum atomic E-state index is -0.227. The van der Waals surface area contributed by atoms with Gasteiger partial charge < -0.3 is 10.0 Å². The van der Waals surface area contributed by atoms with Gasteiger partial charge in [0.15, 0.2) is 0 Å². The maximum atomic E-state index is 10.1. The molecule has 0 radical (unpaired) electrons. The fraction of sp³-hybridized carbons (Fsp3) is 0.318. The van der Waals surface area contributed by atoms with Gasteiger partial charge in [-0.05, 0) is 30.5 Å². The first-order valence-electron chi connectivity index (χ1n) is 9.08. The lowest BCUT2D eigenvalue weighted by molar-refractivity contribution is 0.114. The molecule has 0 aromatic heterocycles. The van der Waals surface area contributed by atoms with Crippen LogP contribution in [0.5, 0.6) is 0 Å². The largest absolute Gasteiger partial charge is 0.393 e. The first-order chi connectivity index (χ1) is 12.2. The molecule has 2 aromatic carbocycles. The molecule has 128 valence electrons. The molecule has 1 N–H and O–H groups in total. The van der Waals surface area contributed by atoms with Crippen LogP contribution in [0.25, 0.3) is 0 Å². The number of allylic oxidation sites excluding steroid dienone is 1. The number of para-hydroxylation sites is 1. The van der Waals surface area contributed by atoms with Crippen molar-refractivity contribution < 1.29 is 5.11 Å². The highest BCUT2D eigenvalue weighted by Crippen LogP contribution is 2.42. The van der Waals surface area contributed by atoms with Crippen molar-refractivity contribution in [2.75, 3.05) is 0 Å². The van der Waals surface area contributed by atoms with Crippen LogP contribution in [0.4, 0.5) is 5.69 Å². The Balaban J connectivity index is 1.67. The quantitative estimate of drug-likeness (QED) is 0.873. The molecule has 1 fully saturated rings. The molecule has 3 unspecified atom stereocenters. The maximum Gasteiger partial charge on any atom is 0.112 e. The van der Waals surface area contributed by atoms with Crippen LogP contribution in [0.1, 0.15) is 37.8 Å². The first kappa shape index (κ1) is 16.1. The topological polar surface area (TPSA) is 35.8 Å². The zero-order valence-corrected chi connectivity index (χ0v) is 14.5. The average Bonchev–Trinajstić information content (AvgIpc) is 2.63. The van der Waals surface area contributed by atoms with Crippen molar-refractivity contribution in [3.63, 3.8) is 0 Å². The summed E-state index contributed by atoms with van der Waals surface area (Å²) in [6.45, 7) is 2.09. The zero-order valence-electron chi connectivity index (χ0n) is 14.5. The highest BCUT2D eigenvalue weighted by atomic mass is 16.3. The van der Waals surface area contributed by atoms with E-state index in [4.69, 9.17) is 4.99 Å². The summed E-state index contributed by atoms with van der Waals surface area (Å²) in [7, 11) is 0. The maximum absolute atomic E-state index is 10.1. The standard InChI is InChI=1S/C22H24N2O/c1-16-14-19(12-13-21(16)25)24-20(17-8-4-2-5-9-17)15-22(24)23-18-10-6-3-7-11-18/h2-11,14,16,20-21,25H,12-13,15H2,1H3/b23-22+. The van der Waals surface area contributed by atoms with E-state index in [1.54, 1.807) is 0 Å². The molecule has 0 amide bonds. The van der Waals surface area contributed by atoms with E-state index >= 15 is 0 Å². The summed E-state index contributed by atoms with van der Waals surface area (Å²) in [6, 6.07) is 21.1. The number of hydrogen-bond donors (Lipinski definition) is 1. The molecular formula is C22H24N2O. The molecule has 3 atom stereocenters. The monoisotopic (exact) mass is 332 g/mol. The van der Waals surface area contributed by atoms with E-state index in [1.807, 2.05) is 30.3 Å². The number of likely N-dealkylation sites (tertiary alicyclic amines) is 1. The number of benzene rings is 2. The summed E-state index contributed by atoms with van der Waals surface area (Å²) in [6.07, 6.45) is 4.68. The predicted octanol–water partition coefficient (Wildman–Crippen LogP) is 4.84. The highest BCUT2D eigenvalue weighted by Gasteiger charge is 2.38. The van der Waals surface area contributed by atoms with E-state index in [2.05, 4.69) is 48.2 Å². The molecule has 25 heavy (non-hydrogen) atoms. The second-order valence-electron chi connectivity index (χ2n) is 6.99. The average molecular weight is 332 g/mol. The second kappa shape index (κ2) is 6.85. The van der Waals surface area contributed by atoms with Crippen molar-refractivity contribution in [3.8, 4) is 0 Å². The SMILES string of the molecule is CC1C=C(N2/C(=N/c3ccccc3)CC2c2ccccc2)CCC1O. The molecule has 0 bridgehead atoms. The van der Waals surface area contributed by atoms with E-state index in [0.717, 1.165) is 30.8 Å². The molecule has 2 aliphatic rings.